The van der Waals surface area contributed by atoms with Gasteiger partial charge in [-0.2, -0.15) is 0 Å². The van der Waals surface area contributed by atoms with Crippen LogP contribution in [0.5, 0.6) is 0 Å². The third-order valence-electron chi connectivity index (χ3n) is 2.64. The first-order valence-electron chi connectivity index (χ1n) is 5.64. The van der Waals surface area contributed by atoms with E-state index in [4.69, 9.17) is 5.84 Å². The number of hydrogen-bond acceptors (Lipinski definition) is 5. The fourth-order valence-electron chi connectivity index (χ4n) is 1.62. The zero-order valence-electron chi connectivity index (χ0n) is 10.6. The van der Waals surface area contributed by atoms with Crippen molar-refractivity contribution in [1.29, 1.82) is 0 Å². The van der Waals surface area contributed by atoms with E-state index in [2.05, 4.69) is 31.1 Å². The summed E-state index contributed by atoms with van der Waals surface area (Å²) in [7, 11) is -3.77. The smallest absolute Gasteiger partial charge is 0.265 e. The van der Waals surface area contributed by atoms with Crippen molar-refractivity contribution in [3.05, 3.63) is 46.6 Å². The maximum absolute atomic E-state index is 12.4. The van der Waals surface area contributed by atoms with Gasteiger partial charge in [-0.25, -0.2) is 19.2 Å². The Labute approximate surface area is 125 Å². The van der Waals surface area contributed by atoms with Gasteiger partial charge in [-0.1, -0.05) is 22.0 Å². The average molecular weight is 357 g/mol. The molecule has 1 heterocycles. The molecule has 0 aliphatic heterocycles. The Morgan fingerprint density at radius 1 is 1.30 bits per heavy atom. The monoisotopic (exact) mass is 356 g/mol. The molecule has 0 aliphatic rings. The number of nitrogens with two attached hydrogens (primary N) is 1. The van der Waals surface area contributed by atoms with E-state index >= 15 is 0 Å². The van der Waals surface area contributed by atoms with Gasteiger partial charge in [0.2, 0.25) is 0 Å². The van der Waals surface area contributed by atoms with Crippen molar-refractivity contribution in [3.63, 3.8) is 0 Å². The van der Waals surface area contributed by atoms with Crippen LogP contribution in [0.3, 0.4) is 0 Å². The number of sulfonamides is 1. The van der Waals surface area contributed by atoms with Crippen molar-refractivity contribution in [1.82, 2.24) is 4.98 Å². The van der Waals surface area contributed by atoms with Gasteiger partial charge >= 0.3 is 0 Å². The SMILES string of the molecule is Cc1ccc(Br)cc1NS(=O)(=O)c1cccnc1NN. The van der Waals surface area contributed by atoms with E-state index in [1.807, 2.05) is 19.1 Å². The van der Waals surface area contributed by atoms with Crippen LogP contribution in [0.2, 0.25) is 0 Å². The number of aryl methyl sites for hydroxylation is 1. The van der Waals surface area contributed by atoms with Crippen LogP contribution < -0.4 is 16.0 Å². The van der Waals surface area contributed by atoms with Crippen molar-refractivity contribution in [2.24, 2.45) is 5.84 Å². The summed E-state index contributed by atoms with van der Waals surface area (Å²) < 4.78 is 28.1. The Bertz CT molecular complexity index is 734. The Morgan fingerprint density at radius 3 is 2.75 bits per heavy atom. The standard InChI is InChI=1S/C12H13BrN4O2S/c1-8-4-5-9(13)7-10(8)17-20(18,19)11-3-2-6-15-12(11)16-14/h2-7,17H,14H2,1H3,(H,15,16). The third kappa shape index (κ3) is 3.09. The second-order valence-corrected chi connectivity index (χ2v) is 6.63. The Kier molecular flexibility index (Phi) is 4.26. The maximum atomic E-state index is 12.4. The van der Waals surface area contributed by atoms with E-state index in [-0.39, 0.29) is 10.7 Å². The summed E-state index contributed by atoms with van der Waals surface area (Å²) >= 11 is 3.31. The molecule has 2 rings (SSSR count). The van der Waals surface area contributed by atoms with Gasteiger partial charge in [0.15, 0.2) is 5.82 Å². The molecule has 4 N–H and O–H groups in total. The zero-order valence-corrected chi connectivity index (χ0v) is 13.0. The van der Waals surface area contributed by atoms with E-state index in [0.717, 1.165) is 10.0 Å². The lowest BCUT2D eigenvalue weighted by atomic mass is 10.2. The van der Waals surface area contributed by atoms with Gasteiger partial charge in [-0.3, -0.25) is 4.72 Å². The van der Waals surface area contributed by atoms with Crippen LogP contribution in [0.4, 0.5) is 11.5 Å². The normalized spacial score (nSPS) is 11.2. The van der Waals surface area contributed by atoms with Crippen LogP contribution in [-0.4, -0.2) is 13.4 Å². The van der Waals surface area contributed by atoms with E-state index < -0.39 is 10.0 Å². The number of nitrogens with one attached hydrogen (secondary N) is 2. The summed E-state index contributed by atoms with van der Waals surface area (Å²) in [6.45, 7) is 1.82. The summed E-state index contributed by atoms with van der Waals surface area (Å²) in [5.74, 6) is 5.37. The number of nitrogen functional groups attached to an aromatic ring is 1. The minimum absolute atomic E-state index is 0.0122. The highest BCUT2D eigenvalue weighted by atomic mass is 79.9. The molecule has 0 spiro atoms. The molecule has 0 atom stereocenters. The molecule has 0 aliphatic carbocycles. The van der Waals surface area contributed by atoms with Gasteiger partial charge in [-0.15, -0.1) is 0 Å². The van der Waals surface area contributed by atoms with Crippen molar-refractivity contribution in [2.45, 2.75) is 11.8 Å². The van der Waals surface area contributed by atoms with Crippen molar-refractivity contribution in [3.8, 4) is 0 Å². The van der Waals surface area contributed by atoms with Gasteiger partial charge in [0, 0.05) is 10.7 Å². The molecule has 0 unspecified atom stereocenters. The molecule has 0 bridgehead atoms. The number of hydrogen-bond donors (Lipinski definition) is 3. The summed E-state index contributed by atoms with van der Waals surface area (Å²) in [4.78, 5) is 3.87. The van der Waals surface area contributed by atoms with Crippen LogP contribution >= 0.6 is 15.9 Å². The first-order valence-corrected chi connectivity index (χ1v) is 7.92. The second-order valence-electron chi connectivity index (χ2n) is 4.06. The quantitative estimate of drug-likeness (QED) is 0.576. The molecule has 0 saturated carbocycles. The Balaban J connectivity index is 2.43. The number of pyridine rings is 1. The first-order chi connectivity index (χ1) is 9.44. The average Bonchev–Trinajstić information content (AvgIpc) is 2.42. The fraction of sp³-hybridized carbons (Fsp3) is 0.0833. The number of hydrazine groups is 1. The summed E-state index contributed by atoms with van der Waals surface area (Å²) in [5, 5.41) is 0. The number of benzene rings is 1. The number of halogens is 1. The summed E-state index contributed by atoms with van der Waals surface area (Å²) in [5.41, 5.74) is 3.57. The minimum Gasteiger partial charge on any atom is -0.307 e. The lowest BCUT2D eigenvalue weighted by Gasteiger charge is -2.13. The van der Waals surface area contributed by atoms with Crippen molar-refractivity contribution >= 4 is 37.5 Å². The van der Waals surface area contributed by atoms with E-state index in [9.17, 15) is 8.42 Å². The molecule has 8 heteroatoms. The fourth-order valence-corrected chi connectivity index (χ4v) is 3.22. The topological polar surface area (TPSA) is 97.1 Å². The predicted octanol–water partition coefficient (Wildman–Crippen LogP) is 2.24. The molecule has 1 aromatic heterocycles. The zero-order chi connectivity index (χ0) is 14.8. The van der Waals surface area contributed by atoms with Gasteiger partial charge in [0.1, 0.15) is 4.90 Å². The highest BCUT2D eigenvalue weighted by Gasteiger charge is 2.19. The van der Waals surface area contributed by atoms with E-state index in [1.54, 1.807) is 6.07 Å². The Hall–Kier alpha value is -1.64. The lowest BCUT2D eigenvalue weighted by Crippen LogP contribution is -2.18. The molecule has 2 aromatic rings. The number of aromatic nitrogens is 1. The molecule has 0 amide bonds. The molecule has 106 valence electrons. The molecule has 0 saturated heterocycles. The second kappa shape index (κ2) is 5.78. The third-order valence-corrected chi connectivity index (χ3v) is 4.53. The highest BCUT2D eigenvalue weighted by Crippen LogP contribution is 2.25. The minimum atomic E-state index is -3.77. The van der Waals surface area contributed by atoms with Crippen LogP contribution in [0.1, 0.15) is 5.56 Å². The number of anilines is 2. The van der Waals surface area contributed by atoms with E-state index in [1.165, 1.54) is 18.3 Å². The number of rotatable bonds is 4. The molecular formula is C12H13BrN4O2S. The Morgan fingerprint density at radius 2 is 2.05 bits per heavy atom. The van der Waals surface area contributed by atoms with Crippen LogP contribution in [0, 0.1) is 6.92 Å². The molecular weight excluding hydrogens is 344 g/mol. The van der Waals surface area contributed by atoms with Crippen molar-refractivity contribution < 1.29 is 8.42 Å². The predicted molar refractivity (Wildman–Crippen MR) is 81.7 cm³/mol. The first kappa shape index (κ1) is 14.8. The van der Waals surface area contributed by atoms with Gasteiger partial charge in [0.05, 0.1) is 5.69 Å². The van der Waals surface area contributed by atoms with Gasteiger partial charge in [-0.05, 0) is 36.8 Å². The number of nitrogens with zero attached hydrogens (tertiary/aromatic N) is 1. The highest BCUT2D eigenvalue weighted by molar-refractivity contribution is 9.10. The van der Waals surface area contributed by atoms with Crippen LogP contribution in [-0.2, 0) is 10.0 Å². The molecule has 1 aromatic carbocycles. The van der Waals surface area contributed by atoms with E-state index in [0.29, 0.717) is 5.69 Å². The van der Waals surface area contributed by atoms with Crippen LogP contribution in [0.15, 0.2) is 45.9 Å². The van der Waals surface area contributed by atoms with Crippen molar-refractivity contribution in [2.75, 3.05) is 10.1 Å². The van der Waals surface area contributed by atoms with Gasteiger partial charge in [0.25, 0.3) is 10.0 Å². The largest absolute Gasteiger partial charge is 0.307 e. The summed E-state index contributed by atoms with van der Waals surface area (Å²) in [6, 6.07) is 8.30. The summed E-state index contributed by atoms with van der Waals surface area (Å²) in [6.07, 6.45) is 1.46. The van der Waals surface area contributed by atoms with Gasteiger partial charge < -0.3 is 5.43 Å². The molecule has 0 fully saturated rings. The molecule has 6 nitrogen and oxygen atoms in total. The maximum Gasteiger partial charge on any atom is 0.265 e. The molecule has 20 heavy (non-hydrogen) atoms. The lowest BCUT2D eigenvalue weighted by molar-refractivity contribution is 0.601. The van der Waals surface area contributed by atoms with Crippen LogP contribution in [0.25, 0.3) is 0 Å². The molecule has 0 radical (unpaired) electrons.